The molecule has 0 spiro atoms. The van der Waals surface area contributed by atoms with Crippen LogP contribution >= 0.6 is 0 Å². The van der Waals surface area contributed by atoms with Crippen molar-refractivity contribution in [3.63, 3.8) is 0 Å². The molecule has 0 fully saturated rings. The molecule has 2 aromatic rings. The molecule has 1 unspecified atom stereocenters. The number of hydrogen-bond donors (Lipinski definition) is 1. The predicted molar refractivity (Wildman–Crippen MR) is 83.9 cm³/mol. The van der Waals surface area contributed by atoms with Gasteiger partial charge in [0.25, 0.3) is 0 Å². The van der Waals surface area contributed by atoms with Gasteiger partial charge < -0.3 is 14.8 Å². The van der Waals surface area contributed by atoms with Crippen molar-refractivity contribution in [3.8, 4) is 11.5 Å². The van der Waals surface area contributed by atoms with Crippen molar-refractivity contribution in [3.05, 3.63) is 59.2 Å². The Morgan fingerprint density at radius 1 is 1.10 bits per heavy atom. The highest BCUT2D eigenvalue weighted by Crippen LogP contribution is 2.34. The smallest absolute Gasteiger partial charge is 0.231 e. The largest absolute Gasteiger partial charge is 0.454 e. The highest BCUT2D eigenvalue weighted by Gasteiger charge is 2.15. The number of ether oxygens (including phenoxy) is 2. The zero-order valence-electron chi connectivity index (χ0n) is 12.6. The Morgan fingerprint density at radius 2 is 1.90 bits per heavy atom. The van der Waals surface area contributed by atoms with Gasteiger partial charge in [-0.05, 0) is 55.6 Å². The SMILES string of the molecule is Cc1ccccc1CCNC(C)c1ccc2c(c1)OCO2. The second kappa shape index (κ2) is 6.19. The first-order valence-corrected chi connectivity index (χ1v) is 7.41. The number of nitrogens with one attached hydrogen (secondary N) is 1. The van der Waals surface area contributed by atoms with Crippen LogP contribution in [0.2, 0.25) is 0 Å². The molecule has 1 heterocycles. The fourth-order valence-electron chi connectivity index (χ4n) is 2.61. The summed E-state index contributed by atoms with van der Waals surface area (Å²) in [5, 5.41) is 3.57. The molecule has 110 valence electrons. The van der Waals surface area contributed by atoms with Crippen LogP contribution in [0, 0.1) is 6.92 Å². The minimum atomic E-state index is 0.295. The zero-order valence-corrected chi connectivity index (χ0v) is 12.6. The van der Waals surface area contributed by atoms with E-state index in [-0.39, 0.29) is 0 Å². The first kappa shape index (κ1) is 14.0. The van der Waals surface area contributed by atoms with Gasteiger partial charge >= 0.3 is 0 Å². The molecule has 0 aromatic heterocycles. The summed E-state index contributed by atoms with van der Waals surface area (Å²) in [6.07, 6.45) is 1.04. The molecule has 3 rings (SSSR count). The van der Waals surface area contributed by atoms with E-state index in [1.54, 1.807) is 0 Å². The second-order valence-electron chi connectivity index (χ2n) is 5.46. The lowest BCUT2D eigenvalue weighted by Crippen LogP contribution is -2.21. The monoisotopic (exact) mass is 283 g/mol. The molecule has 0 aliphatic carbocycles. The third-order valence-electron chi connectivity index (χ3n) is 4.00. The molecule has 1 aliphatic heterocycles. The van der Waals surface area contributed by atoms with Gasteiger partial charge in [0.05, 0.1) is 0 Å². The molecule has 1 N–H and O–H groups in total. The molecule has 1 atom stereocenters. The highest BCUT2D eigenvalue weighted by molar-refractivity contribution is 5.45. The lowest BCUT2D eigenvalue weighted by molar-refractivity contribution is 0.174. The number of fused-ring (bicyclic) bond motifs is 1. The first-order chi connectivity index (χ1) is 10.2. The fraction of sp³-hybridized carbons (Fsp3) is 0.333. The third kappa shape index (κ3) is 3.19. The maximum absolute atomic E-state index is 5.43. The summed E-state index contributed by atoms with van der Waals surface area (Å²) in [5.41, 5.74) is 3.99. The molecule has 0 amide bonds. The Kier molecular flexibility index (Phi) is 4.11. The number of benzene rings is 2. The van der Waals surface area contributed by atoms with E-state index < -0.39 is 0 Å². The summed E-state index contributed by atoms with van der Waals surface area (Å²) in [6.45, 7) is 5.63. The van der Waals surface area contributed by atoms with Gasteiger partial charge in [-0.25, -0.2) is 0 Å². The molecule has 3 heteroatoms. The minimum absolute atomic E-state index is 0.295. The quantitative estimate of drug-likeness (QED) is 0.909. The Labute approximate surface area is 125 Å². The van der Waals surface area contributed by atoms with Gasteiger partial charge in [0.1, 0.15) is 0 Å². The maximum Gasteiger partial charge on any atom is 0.231 e. The van der Waals surface area contributed by atoms with E-state index >= 15 is 0 Å². The van der Waals surface area contributed by atoms with Gasteiger partial charge in [-0.15, -0.1) is 0 Å². The van der Waals surface area contributed by atoms with E-state index in [4.69, 9.17) is 9.47 Å². The Balaban J connectivity index is 1.57. The lowest BCUT2D eigenvalue weighted by atomic mass is 10.0. The molecule has 3 nitrogen and oxygen atoms in total. The number of aryl methyl sites for hydroxylation is 1. The zero-order chi connectivity index (χ0) is 14.7. The van der Waals surface area contributed by atoms with Crippen molar-refractivity contribution >= 4 is 0 Å². The first-order valence-electron chi connectivity index (χ1n) is 7.41. The predicted octanol–water partition coefficient (Wildman–Crippen LogP) is 3.62. The van der Waals surface area contributed by atoms with E-state index in [0.717, 1.165) is 24.5 Å². The topological polar surface area (TPSA) is 30.5 Å². The van der Waals surface area contributed by atoms with Gasteiger partial charge in [-0.1, -0.05) is 30.3 Å². The highest BCUT2D eigenvalue weighted by atomic mass is 16.7. The summed E-state index contributed by atoms with van der Waals surface area (Å²) < 4.78 is 10.8. The molecule has 21 heavy (non-hydrogen) atoms. The molecular weight excluding hydrogens is 262 g/mol. The molecule has 0 saturated carbocycles. The third-order valence-corrected chi connectivity index (χ3v) is 4.00. The maximum atomic E-state index is 5.43. The molecule has 2 aromatic carbocycles. The molecule has 0 radical (unpaired) electrons. The fourth-order valence-corrected chi connectivity index (χ4v) is 2.61. The summed E-state index contributed by atoms with van der Waals surface area (Å²) in [7, 11) is 0. The van der Waals surface area contributed by atoms with Crippen LogP contribution in [0.3, 0.4) is 0 Å². The minimum Gasteiger partial charge on any atom is -0.454 e. The van der Waals surface area contributed by atoms with Crippen LogP contribution in [0.5, 0.6) is 11.5 Å². The van der Waals surface area contributed by atoms with Crippen LogP contribution in [0.4, 0.5) is 0 Å². The van der Waals surface area contributed by atoms with Crippen LogP contribution in [-0.2, 0) is 6.42 Å². The average molecular weight is 283 g/mol. The van der Waals surface area contributed by atoms with Crippen LogP contribution in [-0.4, -0.2) is 13.3 Å². The summed E-state index contributed by atoms with van der Waals surface area (Å²) >= 11 is 0. The molecule has 0 bridgehead atoms. The van der Waals surface area contributed by atoms with E-state index in [1.165, 1.54) is 16.7 Å². The molecular formula is C18H21NO2. The summed E-state index contributed by atoms with van der Waals surface area (Å²) in [5.74, 6) is 1.69. The molecule has 1 aliphatic rings. The van der Waals surface area contributed by atoms with Crippen molar-refractivity contribution in [2.75, 3.05) is 13.3 Å². The van der Waals surface area contributed by atoms with E-state index in [0.29, 0.717) is 12.8 Å². The standard InChI is InChI=1S/C18H21NO2/c1-13-5-3-4-6-15(13)9-10-19-14(2)16-7-8-17-18(11-16)21-12-20-17/h3-8,11,14,19H,9-10,12H2,1-2H3. The van der Waals surface area contributed by atoms with Crippen molar-refractivity contribution in [2.45, 2.75) is 26.3 Å². The van der Waals surface area contributed by atoms with Gasteiger partial charge in [-0.2, -0.15) is 0 Å². The van der Waals surface area contributed by atoms with E-state index in [2.05, 4.69) is 55.6 Å². The Hall–Kier alpha value is -2.00. The second-order valence-corrected chi connectivity index (χ2v) is 5.46. The van der Waals surface area contributed by atoms with Crippen LogP contribution in [0.15, 0.2) is 42.5 Å². The van der Waals surface area contributed by atoms with Crippen molar-refractivity contribution < 1.29 is 9.47 Å². The summed E-state index contributed by atoms with van der Waals surface area (Å²) in [6, 6.07) is 15.0. The van der Waals surface area contributed by atoms with Crippen molar-refractivity contribution in [1.29, 1.82) is 0 Å². The van der Waals surface area contributed by atoms with Gasteiger partial charge in [-0.3, -0.25) is 0 Å². The van der Waals surface area contributed by atoms with Crippen LogP contribution in [0.25, 0.3) is 0 Å². The number of hydrogen-bond acceptors (Lipinski definition) is 3. The summed E-state index contributed by atoms with van der Waals surface area (Å²) in [4.78, 5) is 0. The normalized spacial score (nSPS) is 14.2. The molecule has 0 saturated heterocycles. The lowest BCUT2D eigenvalue weighted by Gasteiger charge is -2.15. The van der Waals surface area contributed by atoms with E-state index in [9.17, 15) is 0 Å². The van der Waals surface area contributed by atoms with Crippen LogP contribution in [0.1, 0.15) is 29.7 Å². The van der Waals surface area contributed by atoms with Crippen LogP contribution < -0.4 is 14.8 Å². The van der Waals surface area contributed by atoms with Crippen molar-refractivity contribution in [1.82, 2.24) is 5.32 Å². The average Bonchev–Trinajstić information content (AvgIpc) is 2.96. The van der Waals surface area contributed by atoms with Gasteiger partial charge in [0.15, 0.2) is 11.5 Å². The number of rotatable bonds is 5. The Bertz CT molecular complexity index is 624. The van der Waals surface area contributed by atoms with Gasteiger partial charge in [0.2, 0.25) is 6.79 Å². The van der Waals surface area contributed by atoms with Gasteiger partial charge in [0, 0.05) is 6.04 Å². The van der Waals surface area contributed by atoms with Crippen molar-refractivity contribution in [2.24, 2.45) is 0 Å². The van der Waals surface area contributed by atoms with E-state index in [1.807, 2.05) is 6.07 Å². The Morgan fingerprint density at radius 3 is 2.76 bits per heavy atom.